The van der Waals surface area contributed by atoms with Gasteiger partial charge in [0.15, 0.2) is 0 Å². The molecule has 0 bridgehead atoms. The number of hydrogen-bond acceptors (Lipinski definition) is 6. The van der Waals surface area contributed by atoms with Crippen molar-refractivity contribution in [2.24, 2.45) is 0 Å². The number of nitrogens with one attached hydrogen (secondary N) is 2. The first-order valence-electron chi connectivity index (χ1n) is 8.62. The average molecular weight is 376 g/mol. The van der Waals surface area contributed by atoms with Crippen LogP contribution in [0.5, 0.6) is 0 Å². The van der Waals surface area contributed by atoms with Crippen LogP contribution in [0.4, 0.5) is 17.3 Å². The molecule has 1 aromatic heterocycles. The molecule has 2 N–H and O–H groups in total. The van der Waals surface area contributed by atoms with Gasteiger partial charge in [0.25, 0.3) is 5.91 Å². The normalized spacial score (nSPS) is 10.2. The number of ether oxygens (including phenoxy) is 1. The number of anilines is 3. The van der Waals surface area contributed by atoms with E-state index in [1.165, 1.54) is 19.5 Å². The lowest BCUT2D eigenvalue weighted by atomic mass is 10.1. The number of aryl methyl sites for hydroxylation is 2. The largest absolute Gasteiger partial charge is 0.465 e. The molecule has 0 aliphatic rings. The maximum atomic E-state index is 12.4. The molecule has 0 aliphatic carbocycles. The molecule has 142 valence electrons. The molecule has 0 saturated heterocycles. The highest BCUT2D eigenvalue weighted by Crippen LogP contribution is 2.17. The molecule has 0 saturated carbocycles. The van der Waals surface area contributed by atoms with Gasteiger partial charge in [0.1, 0.15) is 0 Å². The second-order valence-corrected chi connectivity index (χ2v) is 6.25. The molecule has 7 nitrogen and oxygen atoms in total. The van der Waals surface area contributed by atoms with E-state index >= 15 is 0 Å². The quantitative estimate of drug-likeness (QED) is 0.657. The minimum atomic E-state index is -0.428. The highest BCUT2D eigenvalue weighted by molar-refractivity contribution is 6.04. The molecule has 28 heavy (non-hydrogen) atoms. The number of amides is 1. The van der Waals surface area contributed by atoms with Gasteiger partial charge in [0.2, 0.25) is 5.95 Å². The van der Waals surface area contributed by atoms with Crippen molar-refractivity contribution in [1.82, 2.24) is 9.97 Å². The van der Waals surface area contributed by atoms with Gasteiger partial charge in [-0.15, -0.1) is 0 Å². The number of rotatable bonds is 5. The summed E-state index contributed by atoms with van der Waals surface area (Å²) in [5.74, 6) is -0.407. The van der Waals surface area contributed by atoms with Gasteiger partial charge in [-0.1, -0.05) is 12.1 Å². The summed E-state index contributed by atoms with van der Waals surface area (Å²) in [5.41, 5.74) is 4.37. The first kappa shape index (κ1) is 19.0. The van der Waals surface area contributed by atoms with Crippen LogP contribution in [0.2, 0.25) is 0 Å². The maximum absolute atomic E-state index is 12.4. The van der Waals surface area contributed by atoms with Crippen LogP contribution in [0.3, 0.4) is 0 Å². The molecule has 0 unspecified atom stereocenters. The summed E-state index contributed by atoms with van der Waals surface area (Å²) >= 11 is 0. The Hall–Kier alpha value is -3.74. The summed E-state index contributed by atoms with van der Waals surface area (Å²) in [7, 11) is 1.33. The maximum Gasteiger partial charge on any atom is 0.337 e. The van der Waals surface area contributed by atoms with Crippen molar-refractivity contribution in [1.29, 1.82) is 0 Å². The molecule has 3 rings (SSSR count). The molecular weight excluding hydrogens is 356 g/mol. The van der Waals surface area contributed by atoms with E-state index in [1.54, 1.807) is 24.3 Å². The standard InChI is InChI=1S/C21H20N4O3/c1-13-7-8-18(9-14(13)2)24-19(26)16-11-22-21(23-12-16)25-17-6-4-5-15(10-17)20(27)28-3/h4-12H,1-3H3,(H,24,26)(H,22,23,25). The minimum Gasteiger partial charge on any atom is -0.465 e. The molecule has 0 spiro atoms. The number of carbonyl (C=O) groups is 2. The molecular formula is C21H20N4O3. The zero-order valence-electron chi connectivity index (χ0n) is 15.8. The van der Waals surface area contributed by atoms with Crippen LogP contribution in [0, 0.1) is 13.8 Å². The van der Waals surface area contributed by atoms with Crippen molar-refractivity contribution in [2.75, 3.05) is 17.7 Å². The fourth-order valence-electron chi connectivity index (χ4n) is 2.50. The Morgan fingerprint density at radius 3 is 2.32 bits per heavy atom. The van der Waals surface area contributed by atoms with E-state index in [2.05, 4.69) is 20.6 Å². The summed E-state index contributed by atoms with van der Waals surface area (Å²) in [6.07, 6.45) is 2.88. The van der Waals surface area contributed by atoms with Gasteiger partial charge in [-0.3, -0.25) is 4.79 Å². The summed E-state index contributed by atoms with van der Waals surface area (Å²) in [6, 6.07) is 12.5. The topological polar surface area (TPSA) is 93.2 Å². The Balaban J connectivity index is 1.68. The molecule has 1 amide bonds. The van der Waals surface area contributed by atoms with Gasteiger partial charge in [0.05, 0.1) is 18.2 Å². The second kappa shape index (κ2) is 8.30. The van der Waals surface area contributed by atoms with Gasteiger partial charge in [-0.2, -0.15) is 0 Å². The number of aromatic nitrogens is 2. The minimum absolute atomic E-state index is 0.289. The van der Waals surface area contributed by atoms with Crippen LogP contribution < -0.4 is 10.6 Å². The number of methoxy groups -OCH3 is 1. The number of carbonyl (C=O) groups excluding carboxylic acids is 2. The summed E-state index contributed by atoms with van der Waals surface area (Å²) in [6.45, 7) is 4.01. The van der Waals surface area contributed by atoms with Crippen molar-refractivity contribution in [3.63, 3.8) is 0 Å². The molecule has 3 aromatic rings. The molecule has 2 aromatic carbocycles. The predicted molar refractivity (Wildman–Crippen MR) is 107 cm³/mol. The Labute approximate surface area is 162 Å². The van der Waals surface area contributed by atoms with Crippen LogP contribution in [-0.4, -0.2) is 29.0 Å². The van der Waals surface area contributed by atoms with E-state index < -0.39 is 5.97 Å². The van der Waals surface area contributed by atoms with Crippen molar-refractivity contribution in [3.8, 4) is 0 Å². The lowest BCUT2D eigenvalue weighted by Gasteiger charge is -2.09. The number of hydrogen-bond donors (Lipinski definition) is 2. The summed E-state index contributed by atoms with van der Waals surface area (Å²) < 4.78 is 4.70. The van der Waals surface area contributed by atoms with Gasteiger partial charge >= 0.3 is 5.97 Å². The van der Waals surface area contributed by atoms with Crippen LogP contribution in [0.1, 0.15) is 31.8 Å². The van der Waals surface area contributed by atoms with Gasteiger partial charge in [0, 0.05) is 23.8 Å². The average Bonchev–Trinajstić information content (AvgIpc) is 2.71. The molecule has 0 radical (unpaired) electrons. The highest BCUT2D eigenvalue weighted by Gasteiger charge is 2.10. The fourth-order valence-corrected chi connectivity index (χ4v) is 2.50. The smallest absolute Gasteiger partial charge is 0.337 e. The number of benzene rings is 2. The Morgan fingerprint density at radius 2 is 1.64 bits per heavy atom. The number of esters is 1. The first-order valence-corrected chi connectivity index (χ1v) is 8.62. The third-order valence-electron chi connectivity index (χ3n) is 4.22. The second-order valence-electron chi connectivity index (χ2n) is 6.25. The number of nitrogens with zero attached hydrogens (tertiary/aromatic N) is 2. The van der Waals surface area contributed by atoms with E-state index in [-0.39, 0.29) is 5.91 Å². The molecule has 0 aliphatic heterocycles. The molecule has 0 fully saturated rings. The lowest BCUT2D eigenvalue weighted by Crippen LogP contribution is -2.13. The van der Waals surface area contributed by atoms with Gasteiger partial charge in [-0.05, 0) is 55.3 Å². The van der Waals surface area contributed by atoms with Crippen LogP contribution >= 0.6 is 0 Å². The predicted octanol–water partition coefficient (Wildman–Crippen LogP) is 3.88. The van der Waals surface area contributed by atoms with Crippen molar-refractivity contribution in [2.45, 2.75) is 13.8 Å². The summed E-state index contributed by atoms with van der Waals surface area (Å²) in [5, 5.41) is 5.82. The van der Waals surface area contributed by atoms with E-state index in [9.17, 15) is 9.59 Å². The monoisotopic (exact) mass is 376 g/mol. The van der Waals surface area contributed by atoms with E-state index in [0.717, 1.165) is 16.8 Å². The van der Waals surface area contributed by atoms with E-state index in [1.807, 2.05) is 32.0 Å². The zero-order valence-corrected chi connectivity index (χ0v) is 15.8. The van der Waals surface area contributed by atoms with Crippen molar-refractivity contribution in [3.05, 3.63) is 77.1 Å². The molecule has 7 heteroatoms. The zero-order chi connectivity index (χ0) is 20.1. The first-order chi connectivity index (χ1) is 13.5. The van der Waals surface area contributed by atoms with Crippen LogP contribution in [0.25, 0.3) is 0 Å². The highest BCUT2D eigenvalue weighted by atomic mass is 16.5. The molecule has 1 heterocycles. The van der Waals surface area contributed by atoms with E-state index in [4.69, 9.17) is 4.74 Å². The van der Waals surface area contributed by atoms with Crippen LogP contribution in [0.15, 0.2) is 54.9 Å². The van der Waals surface area contributed by atoms with Crippen molar-refractivity contribution >= 4 is 29.2 Å². The van der Waals surface area contributed by atoms with Crippen LogP contribution in [-0.2, 0) is 4.74 Å². The third kappa shape index (κ3) is 4.50. The van der Waals surface area contributed by atoms with Crippen molar-refractivity contribution < 1.29 is 14.3 Å². The van der Waals surface area contributed by atoms with E-state index in [0.29, 0.717) is 22.8 Å². The lowest BCUT2D eigenvalue weighted by molar-refractivity contribution is 0.0600. The SMILES string of the molecule is COC(=O)c1cccc(Nc2ncc(C(=O)Nc3ccc(C)c(C)c3)cn2)c1. The molecule has 0 atom stereocenters. The third-order valence-corrected chi connectivity index (χ3v) is 4.22. The van der Waals surface area contributed by atoms with Gasteiger partial charge < -0.3 is 15.4 Å². The Kier molecular flexibility index (Phi) is 5.64. The summed E-state index contributed by atoms with van der Waals surface area (Å²) in [4.78, 5) is 32.3. The van der Waals surface area contributed by atoms with Gasteiger partial charge in [-0.25, -0.2) is 14.8 Å². The Bertz CT molecular complexity index is 1020. The fraction of sp³-hybridized carbons (Fsp3) is 0.143. The Morgan fingerprint density at radius 1 is 0.893 bits per heavy atom.